The van der Waals surface area contributed by atoms with Gasteiger partial charge in [-0.3, -0.25) is 5.32 Å². The monoisotopic (exact) mass is 246 g/mol. The van der Waals surface area contributed by atoms with Crippen LogP contribution in [0.25, 0.3) is 0 Å². The molecule has 1 N–H and O–H groups in total. The van der Waals surface area contributed by atoms with Crippen LogP contribution >= 0.6 is 0 Å². The quantitative estimate of drug-likeness (QED) is 0.717. The third-order valence-electron chi connectivity index (χ3n) is 3.15. The molecule has 0 saturated carbocycles. The number of hydrogen-bond acceptors (Lipinski definition) is 3. The standard InChI is InChI=1S/C15H22N2O/c1-3-4-11-18-12-10-15(13-16,17-2)14-8-6-5-7-9-14/h5-9,17H,3-4,10-12H2,1-2H3. The molecule has 1 aromatic rings. The largest absolute Gasteiger partial charge is 0.381 e. The van der Waals surface area contributed by atoms with Gasteiger partial charge in [-0.05, 0) is 19.0 Å². The number of nitrogens with one attached hydrogen (secondary N) is 1. The van der Waals surface area contributed by atoms with E-state index in [-0.39, 0.29) is 0 Å². The van der Waals surface area contributed by atoms with E-state index >= 15 is 0 Å². The fourth-order valence-corrected chi connectivity index (χ4v) is 1.89. The second-order valence-corrected chi connectivity index (χ2v) is 4.35. The Labute approximate surface area is 110 Å². The molecule has 0 spiro atoms. The average Bonchev–Trinajstić information content (AvgIpc) is 2.44. The van der Waals surface area contributed by atoms with Crippen LogP contribution in [0.2, 0.25) is 0 Å². The van der Waals surface area contributed by atoms with E-state index in [1.807, 2.05) is 37.4 Å². The Balaban J connectivity index is 2.62. The Morgan fingerprint density at radius 1 is 1.28 bits per heavy atom. The molecule has 0 saturated heterocycles. The summed E-state index contributed by atoms with van der Waals surface area (Å²) in [5.74, 6) is 0. The van der Waals surface area contributed by atoms with Crippen LogP contribution in [0, 0.1) is 11.3 Å². The normalized spacial score (nSPS) is 13.8. The molecule has 0 aliphatic heterocycles. The summed E-state index contributed by atoms with van der Waals surface area (Å²) >= 11 is 0. The summed E-state index contributed by atoms with van der Waals surface area (Å²) in [5.41, 5.74) is 0.349. The zero-order valence-corrected chi connectivity index (χ0v) is 11.3. The Kier molecular flexibility index (Phi) is 6.42. The van der Waals surface area contributed by atoms with E-state index in [2.05, 4.69) is 18.3 Å². The van der Waals surface area contributed by atoms with Crippen molar-refractivity contribution in [3.8, 4) is 6.07 Å². The van der Waals surface area contributed by atoms with Gasteiger partial charge in [-0.15, -0.1) is 0 Å². The number of ether oxygens (including phenoxy) is 1. The zero-order chi connectivity index (χ0) is 13.3. The molecule has 3 heteroatoms. The van der Waals surface area contributed by atoms with Crippen LogP contribution in [-0.2, 0) is 10.3 Å². The van der Waals surface area contributed by atoms with Crippen LogP contribution in [0.1, 0.15) is 31.7 Å². The van der Waals surface area contributed by atoms with Gasteiger partial charge < -0.3 is 4.74 Å². The van der Waals surface area contributed by atoms with Crippen molar-refractivity contribution in [3.63, 3.8) is 0 Å². The molecule has 1 atom stereocenters. The summed E-state index contributed by atoms with van der Waals surface area (Å²) in [7, 11) is 1.82. The maximum atomic E-state index is 9.46. The van der Waals surface area contributed by atoms with Crippen molar-refractivity contribution in [2.24, 2.45) is 0 Å². The second kappa shape index (κ2) is 7.86. The van der Waals surface area contributed by atoms with Crippen molar-refractivity contribution in [3.05, 3.63) is 35.9 Å². The van der Waals surface area contributed by atoms with Crippen molar-refractivity contribution in [2.45, 2.75) is 31.7 Å². The topological polar surface area (TPSA) is 45.0 Å². The van der Waals surface area contributed by atoms with Crippen LogP contribution in [0.5, 0.6) is 0 Å². The van der Waals surface area contributed by atoms with Crippen LogP contribution in [0.3, 0.4) is 0 Å². The highest BCUT2D eigenvalue weighted by Gasteiger charge is 2.29. The fourth-order valence-electron chi connectivity index (χ4n) is 1.89. The van der Waals surface area contributed by atoms with E-state index in [1.165, 1.54) is 0 Å². The highest BCUT2D eigenvalue weighted by molar-refractivity contribution is 5.31. The minimum atomic E-state index is -0.645. The summed E-state index contributed by atoms with van der Waals surface area (Å²) < 4.78 is 5.56. The van der Waals surface area contributed by atoms with E-state index in [1.54, 1.807) is 0 Å². The first-order valence-electron chi connectivity index (χ1n) is 6.52. The molecular formula is C15H22N2O. The number of nitrogens with zero attached hydrogens (tertiary/aromatic N) is 1. The van der Waals surface area contributed by atoms with Crippen LogP contribution < -0.4 is 5.32 Å². The first-order chi connectivity index (χ1) is 8.79. The van der Waals surface area contributed by atoms with E-state index in [4.69, 9.17) is 4.74 Å². The molecule has 0 bridgehead atoms. The van der Waals surface area contributed by atoms with Crippen molar-refractivity contribution in [1.82, 2.24) is 5.32 Å². The van der Waals surface area contributed by atoms with Crippen molar-refractivity contribution < 1.29 is 4.74 Å². The highest BCUT2D eigenvalue weighted by Crippen LogP contribution is 2.23. The third-order valence-corrected chi connectivity index (χ3v) is 3.15. The Morgan fingerprint density at radius 2 is 2.00 bits per heavy atom. The molecule has 0 aromatic heterocycles. The van der Waals surface area contributed by atoms with E-state index in [0.717, 1.165) is 25.0 Å². The summed E-state index contributed by atoms with van der Waals surface area (Å²) in [6.45, 7) is 3.51. The number of benzene rings is 1. The lowest BCUT2D eigenvalue weighted by atomic mass is 9.88. The number of hydrogen-bond donors (Lipinski definition) is 1. The van der Waals surface area contributed by atoms with E-state index < -0.39 is 5.54 Å². The van der Waals surface area contributed by atoms with Gasteiger partial charge in [-0.1, -0.05) is 43.7 Å². The van der Waals surface area contributed by atoms with Gasteiger partial charge in [0.15, 0.2) is 0 Å². The van der Waals surface area contributed by atoms with Gasteiger partial charge in [-0.25, -0.2) is 0 Å². The smallest absolute Gasteiger partial charge is 0.134 e. The van der Waals surface area contributed by atoms with Crippen LogP contribution in [-0.4, -0.2) is 20.3 Å². The maximum Gasteiger partial charge on any atom is 0.134 e. The molecule has 18 heavy (non-hydrogen) atoms. The summed E-state index contributed by atoms with van der Waals surface area (Å²) in [5, 5.41) is 12.6. The molecule has 1 rings (SSSR count). The lowest BCUT2D eigenvalue weighted by Crippen LogP contribution is -2.39. The molecule has 98 valence electrons. The average molecular weight is 246 g/mol. The van der Waals surface area contributed by atoms with Crippen molar-refractivity contribution in [1.29, 1.82) is 5.26 Å². The molecule has 0 aliphatic carbocycles. The highest BCUT2D eigenvalue weighted by atomic mass is 16.5. The summed E-state index contributed by atoms with van der Waals surface area (Å²) in [4.78, 5) is 0. The first kappa shape index (κ1) is 14.7. The first-order valence-corrected chi connectivity index (χ1v) is 6.52. The number of unbranched alkanes of at least 4 members (excludes halogenated alkanes) is 1. The summed E-state index contributed by atoms with van der Waals surface area (Å²) in [6.07, 6.45) is 2.87. The van der Waals surface area contributed by atoms with Crippen molar-refractivity contribution in [2.75, 3.05) is 20.3 Å². The minimum Gasteiger partial charge on any atom is -0.381 e. The summed E-state index contributed by atoms with van der Waals surface area (Å²) in [6, 6.07) is 12.2. The van der Waals surface area contributed by atoms with Gasteiger partial charge in [-0.2, -0.15) is 5.26 Å². The lowest BCUT2D eigenvalue weighted by Gasteiger charge is -2.26. The SMILES string of the molecule is CCCCOCCC(C#N)(NC)c1ccccc1. The molecule has 3 nitrogen and oxygen atoms in total. The molecular weight excluding hydrogens is 224 g/mol. The van der Waals surface area contributed by atoms with E-state index in [9.17, 15) is 5.26 Å². The van der Waals surface area contributed by atoms with Gasteiger partial charge in [0.05, 0.1) is 6.07 Å². The van der Waals surface area contributed by atoms with Gasteiger partial charge in [0.2, 0.25) is 0 Å². The van der Waals surface area contributed by atoms with E-state index in [0.29, 0.717) is 13.0 Å². The number of nitriles is 1. The zero-order valence-electron chi connectivity index (χ0n) is 11.3. The van der Waals surface area contributed by atoms with Gasteiger partial charge in [0.1, 0.15) is 5.54 Å². The Morgan fingerprint density at radius 3 is 2.56 bits per heavy atom. The van der Waals surface area contributed by atoms with Crippen LogP contribution in [0.4, 0.5) is 0 Å². The van der Waals surface area contributed by atoms with Gasteiger partial charge in [0, 0.05) is 19.6 Å². The molecule has 1 aromatic carbocycles. The maximum absolute atomic E-state index is 9.46. The molecule has 1 unspecified atom stereocenters. The van der Waals surface area contributed by atoms with Crippen LogP contribution in [0.15, 0.2) is 30.3 Å². The van der Waals surface area contributed by atoms with Gasteiger partial charge in [0.25, 0.3) is 0 Å². The predicted molar refractivity (Wildman–Crippen MR) is 73.1 cm³/mol. The molecule has 0 heterocycles. The minimum absolute atomic E-state index is 0.600. The number of rotatable bonds is 8. The molecule has 0 aliphatic rings. The Hall–Kier alpha value is -1.37. The third kappa shape index (κ3) is 3.83. The molecule has 0 fully saturated rings. The Bertz CT molecular complexity index is 372. The predicted octanol–water partition coefficient (Wildman–Crippen LogP) is 2.83. The van der Waals surface area contributed by atoms with Crippen molar-refractivity contribution >= 4 is 0 Å². The second-order valence-electron chi connectivity index (χ2n) is 4.35. The fraction of sp³-hybridized carbons (Fsp3) is 0.533. The van der Waals surface area contributed by atoms with Gasteiger partial charge >= 0.3 is 0 Å². The molecule has 0 radical (unpaired) electrons. The molecule has 0 amide bonds. The lowest BCUT2D eigenvalue weighted by molar-refractivity contribution is 0.114.